The van der Waals surface area contributed by atoms with E-state index in [9.17, 15) is 5.11 Å². The van der Waals surface area contributed by atoms with Crippen molar-refractivity contribution < 1.29 is 9.52 Å². The number of nitrogens with zero attached hydrogens (tertiary/aromatic N) is 5. The largest absolute Gasteiger partial charge is 0.492 e. The van der Waals surface area contributed by atoms with Gasteiger partial charge in [0.2, 0.25) is 16.7 Å². The van der Waals surface area contributed by atoms with Gasteiger partial charge in [-0.15, -0.1) is 5.10 Å². The van der Waals surface area contributed by atoms with Gasteiger partial charge >= 0.3 is 0 Å². The summed E-state index contributed by atoms with van der Waals surface area (Å²) in [5.41, 5.74) is 1.09. The Balaban J connectivity index is 1.55. The standard InChI is InChI=1S/C21H22ClN5O2S/c1-2-25-9-11-26(12-10-25)17(14-5-7-15(22)8-6-14)18-20(28)27-21(30-18)23-19(24-27)16-4-3-13-29-16/h3-8,13,17,28H,2,9-12H2,1H3/t17-/m1/s1. The minimum Gasteiger partial charge on any atom is -0.492 e. The molecule has 0 aliphatic carbocycles. The van der Waals surface area contributed by atoms with Crippen LogP contribution >= 0.6 is 22.9 Å². The van der Waals surface area contributed by atoms with Gasteiger partial charge in [0, 0.05) is 31.2 Å². The number of halogens is 1. The molecule has 0 saturated carbocycles. The molecule has 0 radical (unpaired) electrons. The Bertz CT molecular complexity index is 1130. The Morgan fingerprint density at radius 2 is 1.93 bits per heavy atom. The van der Waals surface area contributed by atoms with Gasteiger partial charge in [0.25, 0.3) is 0 Å². The smallest absolute Gasteiger partial charge is 0.230 e. The average molecular weight is 444 g/mol. The second kappa shape index (κ2) is 8.03. The van der Waals surface area contributed by atoms with Crippen molar-refractivity contribution in [2.75, 3.05) is 32.7 Å². The van der Waals surface area contributed by atoms with Gasteiger partial charge in [0.15, 0.2) is 5.76 Å². The Morgan fingerprint density at radius 1 is 1.17 bits per heavy atom. The van der Waals surface area contributed by atoms with Crippen LogP contribution in [0.15, 0.2) is 47.1 Å². The number of piperazine rings is 1. The van der Waals surface area contributed by atoms with E-state index in [0.29, 0.717) is 21.6 Å². The van der Waals surface area contributed by atoms with E-state index in [2.05, 4.69) is 26.8 Å². The van der Waals surface area contributed by atoms with Gasteiger partial charge in [-0.25, -0.2) is 0 Å². The monoisotopic (exact) mass is 443 g/mol. The highest BCUT2D eigenvalue weighted by molar-refractivity contribution is 7.17. The summed E-state index contributed by atoms with van der Waals surface area (Å²) in [5, 5.41) is 16.3. The summed E-state index contributed by atoms with van der Waals surface area (Å²) < 4.78 is 6.89. The van der Waals surface area contributed by atoms with E-state index < -0.39 is 0 Å². The Kier molecular flexibility index (Phi) is 5.24. The van der Waals surface area contributed by atoms with Gasteiger partial charge in [-0.2, -0.15) is 9.50 Å². The highest BCUT2D eigenvalue weighted by atomic mass is 35.5. The minimum absolute atomic E-state index is 0.0816. The molecule has 9 heteroatoms. The van der Waals surface area contributed by atoms with Crippen molar-refractivity contribution in [2.45, 2.75) is 13.0 Å². The fourth-order valence-corrected chi connectivity index (χ4v) is 5.19. The number of furan rings is 1. The van der Waals surface area contributed by atoms with Gasteiger partial charge in [-0.05, 0) is 36.4 Å². The van der Waals surface area contributed by atoms with E-state index in [1.807, 2.05) is 24.3 Å². The number of fused-ring (bicyclic) bond motifs is 1. The first kappa shape index (κ1) is 19.6. The predicted octanol–water partition coefficient (Wildman–Crippen LogP) is 4.14. The predicted molar refractivity (Wildman–Crippen MR) is 117 cm³/mol. The first-order valence-electron chi connectivity index (χ1n) is 9.98. The third kappa shape index (κ3) is 3.50. The van der Waals surface area contributed by atoms with Gasteiger partial charge < -0.3 is 14.4 Å². The molecule has 3 aromatic heterocycles. The van der Waals surface area contributed by atoms with Crippen molar-refractivity contribution in [3.05, 3.63) is 58.1 Å². The molecule has 0 spiro atoms. The Hall–Kier alpha value is -2.39. The van der Waals surface area contributed by atoms with E-state index in [1.54, 1.807) is 18.4 Å². The molecule has 1 aliphatic rings. The average Bonchev–Trinajstić information content (AvgIpc) is 3.49. The number of rotatable bonds is 5. The third-order valence-electron chi connectivity index (χ3n) is 5.59. The van der Waals surface area contributed by atoms with Crippen LogP contribution < -0.4 is 0 Å². The molecule has 1 fully saturated rings. The van der Waals surface area contributed by atoms with Gasteiger partial charge in [-0.3, -0.25) is 4.90 Å². The zero-order valence-electron chi connectivity index (χ0n) is 16.5. The lowest BCUT2D eigenvalue weighted by atomic mass is 10.0. The molecule has 7 nitrogen and oxygen atoms in total. The van der Waals surface area contributed by atoms with E-state index >= 15 is 0 Å². The molecule has 5 rings (SSSR count). The summed E-state index contributed by atoms with van der Waals surface area (Å²) >= 11 is 7.59. The SMILES string of the molecule is CCN1CCN([C@H](c2ccc(Cl)cc2)c2sc3nc(-c4ccco4)nn3c2O)CC1. The lowest BCUT2D eigenvalue weighted by Gasteiger charge is -2.38. The van der Waals surface area contributed by atoms with Crippen molar-refractivity contribution >= 4 is 27.9 Å². The lowest BCUT2D eigenvalue weighted by molar-refractivity contribution is 0.113. The van der Waals surface area contributed by atoms with E-state index in [0.717, 1.165) is 43.2 Å². The van der Waals surface area contributed by atoms with Crippen LogP contribution in [-0.4, -0.2) is 62.2 Å². The van der Waals surface area contributed by atoms with Gasteiger partial charge in [0.05, 0.1) is 17.2 Å². The van der Waals surface area contributed by atoms with Crippen LogP contribution in [0.1, 0.15) is 23.4 Å². The molecule has 1 N–H and O–H groups in total. The maximum atomic E-state index is 11.1. The first-order chi connectivity index (χ1) is 14.6. The van der Waals surface area contributed by atoms with Crippen LogP contribution in [0.4, 0.5) is 0 Å². The maximum absolute atomic E-state index is 11.1. The number of hydrogen-bond donors (Lipinski definition) is 1. The van der Waals surface area contributed by atoms with Gasteiger partial charge in [-0.1, -0.05) is 42.0 Å². The number of aromatic nitrogens is 3. The molecule has 1 aromatic carbocycles. The summed E-state index contributed by atoms with van der Waals surface area (Å²) in [6.07, 6.45) is 1.59. The molecule has 156 valence electrons. The lowest BCUT2D eigenvalue weighted by Crippen LogP contribution is -2.47. The van der Waals surface area contributed by atoms with Crippen LogP contribution in [0.5, 0.6) is 5.88 Å². The number of aromatic hydroxyl groups is 1. The third-order valence-corrected chi connectivity index (χ3v) is 6.92. The van der Waals surface area contributed by atoms with Crippen molar-refractivity contribution in [1.29, 1.82) is 0 Å². The van der Waals surface area contributed by atoms with E-state index in [-0.39, 0.29) is 11.9 Å². The van der Waals surface area contributed by atoms with Crippen LogP contribution in [0.2, 0.25) is 5.02 Å². The van der Waals surface area contributed by atoms with Crippen LogP contribution in [0.3, 0.4) is 0 Å². The van der Waals surface area contributed by atoms with E-state index in [1.165, 1.54) is 15.9 Å². The van der Waals surface area contributed by atoms with Crippen molar-refractivity contribution in [1.82, 2.24) is 24.4 Å². The summed E-state index contributed by atoms with van der Waals surface area (Å²) in [7, 11) is 0. The second-order valence-electron chi connectivity index (χ2n) is 7.32. The molecule has 1 aliphatic heterocycles. The van der Waals surface area contributed by atoms with Crippen LogP contribution in [0, 0.1) is 0 Å². The summed E-state index contributed by atoms with van der Waals surface area (Å²) in [5.74, 6) is 1.17. The highest BCUT2D eigenvalue weighted by Crippen LogP contribution is 2.41. The number of benzene rings is 1. The van der Waals surface area contributed by atoms with Crippen molar-refractivity contribution in [2.24, 2.45) is 0 Å². The maximum Gasteiger partial charge on any atom is 0.230 e. The zero-order chi connectivity index (χ0) is 20.7. The summed E-state index contributed by atoms with van der Waals surface area (Å²) in [6, 6.07) is 11.4. The Labute approximate surface area is 183 Å². The highest BCUT2D eigenvalue weighted by Gasteiger charge is 2.31. The fraction of sp³-hybridized carbons (Fsp3) is 0.333. The number of thiazole rings is 1. The number of likely N-dealkylation sites (N-methyl/N-ethyl adjacent to an activating group) is 1. The molecule has 30 heavy (non-hydrogen) atoms. The summed E-state index contributed by atoms with van der Waals surface area (Å²) in [4.78, 5) is 10.9. The minimum atomic E-state index is -0.0816. The van der Waals surface area contributed by atoms with Crippen LogP contribution in [-0.2, 0) is 0 Å². The Morgan fingerprint density at radius 3 is 2.57 bits per heavy atom. The van der Waals surface area contributed by atoms with E-state index in [4.69, 9.17) is 16.0 Å². The zero-order valence-corrected chi connectivity index (χ0v) is 18.1. The number of hydrogen-bond acceptors (Lipinski definition) is 7. The molecule has 0 unspecified atom stereocenters. The first-order valence-corrected chi connectivity index (χ1v) is 11.2. The second-order valence-corrected chi connectivity index (χ2v) is 8.77. The van der Waals surface area contributed by atoms with Crippen molar-refractivity contribution in [3.63, 3.8) is 0 Å². The molecule has 1 atom stereocenters. The normalized spacial score (nSPS) is 17.0. The molecular formula is C21H22ClN5O2S. The summed E-state index contributed by atoms with van der Waals surface area (Å²) in [6.45, 7) is 7.10. The molecule has 0 amide bonds. The molecule has 4 heterocycles. The fourth-order valence-electron chi connectivity index (χ4n) is 3.95. The topological polar surface area (TPSA) is 70.0 Å². The molecule has 4 aromatic rings. The molecule has 1 saturated heterocycles. The van der Waals surface area contributed by atoms with Crippen LogP contribution in [0.25, 0.3) is 16.5 Å². The quantitative estimate of drug-likeness (QED) is 0.500. The van der Waals surface area contributed by atoms with Crippen molar-refractivity contribution in [3.8, 4) is 17.5 Å². The molecule has 0 bridgehead atoms. The van der Waals surface area contributed by atoms with Gasteiger partial charge in [0.1, 0.15) is 0 Å². The molecular weight excluding hydrogens is 422 g/mol.